The third kappa shape index (κ3) is 2.41. The van der Waals surface area contributed by atoms with Gasteiger partial charge in [0.25, 0.3) is 0 Å². The standard InChI is InChI=1S/C14H19N/c1-2-3-8-13-9-4-5-10-14(13)15-11-6-7-12-15/h4-6,9-11H,2-3,7-8,12H2,1H3. The molecule has 0 saturated carbocycles. The number of rotatable bonds is 4. The Labute approximate surface area is 92.4 Å². The number of nitrogens with zero attached hydrogens (tertiary/aromatic N) is 1. The van der Waals surface area contributed by atoms with Gasteiger partial charge >= 0.3 is 0 Å². The quantitative estimate of drug-likeness (QED) is 0.717. The first kappa shape index (κ1) is 10.3. The van der Waals surface area contributed by atoms with E-state index in [-0.39, 0.29) is 0 Å². The topological polar surface area (TPSA) is 3.24 Å². The number of aryl methyl sites for hydroxylation is 1. The zero-order valence-corrected chi connectivity index (χ0v) is 9.45. The summed E-state index contributed by atoms with van der Waals surface area (Å²) < 4.78 is 0. The molecule has 0 N–H and O–H groups in total. The van der Waals surface area contributed by atoms with Gasteiger partial charge in [0.05, 0.1) is 0 Å². The number of anilines is 1. The van der Waals surface area contributed by atoms with Crippen LogP contribution in [0.25, 0.3) is 0 Å². The molecule has 80 valence electrons. The van der Waals surface area contributed by atoms with E-state index in [4.69, 9.17) is 0 Å². The Morgan fingerprint density at radius 3 is 2.87 bits per heavy atom. The lowest BCUT2D eigenvalue weighted by atomic mass is 10.1. The maximum atomic E-state index is 2.37. The fraction of sp³-hybridized carbons (Fsp3) is 0.429. The Balaban J connectivity index is 2.17. The van der Waals surface area contributed by atoms with E-state index in [1.54, 1.807) is 0 Å². The fourth-order valence-corrected chi connectivity index (χ4v) is 2.06. The molecule has 1 aromatic rings. The monoisotopic (exact) mass is 201 g/mol. The summed E-state index contributed by atoms with van der Waals surface area (Å²) in [5.41, 5.74) is 2.89. The van der Waals surface area contributed by atoms with Crippen molar-refractivity contribution in [3.8, 4) is 0 Å². The summed E-state index contributed by atoms with van der Waals surface area (Å²) in [6.07, 6.45) is 9.40. The van der Waals surface area contributed by atoms with Crippen molar-refractivity contribution in [2.75, 3.05) is 11.4 Å². The molecule has 0 unspecified atom stereocenters. The maximum Gasteiger partial charge on any atom is 0.0438 e. The van der Waals surface area contributed by atoms with Crippen LogP contribution < -0.4 is 4.90 Å². The number of benzene rings is 1. The highest BCUT2D eigenvalue weighted by molar-refractivity contribution is 5.56. The van der Waals surface area contributed by atoms with Gasteiger partial charge < -0.3 is 4.90 Å². The minimum absolute atomic E-state index is 1.14. The lowest BCUT2D eigenvalue weighted by Crippen LogP contribution is -2.14. The van der Waals surface area contributed by atoms with Gasteiger partial charge in [0, 0.05) is 18.4 Å². The molecule has 15 heavy (non-hydrogen) atoms. The summed E-state index contributed by atoms with van der Waals surface area (Å²) in [4.78, 5) is 2.37. The van der Waals surface area contributed by atoms with Gasteiger partial charge in [-0.25, -0.2) is 0 Å². The summed E-state index contributed by atoms with van der Waals surface area (Å²) in [6, 6.07) is 8.78. The average molecular weight is 201 g/mol. The molecule has 1 heterocycles. The molecule has 0 aliphatic carbocycles. The van der Waals surface area contributed by atoms with Gasteiger partial charge in [-0.3, -0.25) is 0 Å². The molecule has 0 amide bonds. The molecule has 1 aliphatic rings. The van der Waals surface area contributed by atoms with E-state index in [1.165, 1.54) is 36.9 Å². The second-order valence-electron chi connectivity index (χ2n) is 4.10. The lowest BCUT2D eigenvalue weighted by molar-refractivity contribution is 0.792. The van der Waals surface area contributed by atoms with Gasteiger partial charge in [0.15, 0.2) is 0 Å². The number of unbranched alkanes of at least 4 members (excludes halogenated alkanes) is 1. The maximum absolute atomic E-state index is 2.37. The van der Waals surface area contributed by atoms with E-state index in [0.29, 0.717) is 0 Å². The minimum atomic E-state index is 1.14. The van der Waals surface area contributed by atoms with Crippen molar-refractivity contribution in [1.82, 2.24) is 0 Å². The van der Waals surface area contributed by atoms with Crippen molar-refractivity contribution < 1.29 is 0 Å². The van der Waals surface area contributed by atoms with Crippen LogP contribution in [0.1, 0.15) is 31.7 Å². The van der Waals surface area contributed by atoms with Gasteiger partial charge in [0.1, 0.15) is 0 Å². The zero-order valence-electron chi connectivity index (χ0n) is 9.45. The predicted molar refractivity (Wildman–Crippen MR) is 66.2 cm³/mol. The van der Waals surface area contributed by atoms with Gasteiger partial charge in [-0.1, -0.05) is 37.6 Å². The smallest absolute Gasteiger partial charge is 0.0438 e. The number of hydrogen-bond donors (Lipinski definition) is 0. The molecular formula is C14H19N. The van der Waals surface area contributed by atoms with Gasteiger partial charge in [-0.15, -0.1) is 0 Å². The number of para-hydroxylation sites is 1. The molecule has 0 aromatic heterocycles. The van der Waals surface area contributed by atoms with Crippen LogP contribution in [0.4, 0.5) is 5.69 Å². The van der Waals surface area contributed by atoms with Crippen LogP contribution in [0.3, 0.4) is 0 Å². The molecule has 2 rings (SSSR count). The molecule has 0 saturated heterocycles. The summed E-state index contributed by atoms with van der Waals surface area (Å²) in [7, 11) is 0. The van der Waals surface area contributed by atoms with Crippen LogP contribution in [-0.2, 0) is 6.42 Å². The zero-order chi connectivity index (χ0) is 10.5. The summed E-state index contributed by atoms with van der Waals surface area (Å²) in [5.74, 6) is 0. The Morgan fingerprint density at radius 2 is 2.13 bits per heavy atom. The molecule has 0 radical (unpaired) electrons. The van der Waals surface area contributed by atoms with E-state index in [2.05, 4.69) is 48.4 Å². The van der Waals surface area contributed by atoms with Crippen molar-refractivity contribution in [2.24, 2.45) is 0 Å². The van der Waals surface area contributed by atoms with E-state index in [9.17, 15) is 0 Å². The fourth-order valence-electron chi connectivity index (χ4n) is 2.06. The summed E-state index contributed by atoms with van der Waals surface area (Å²) >= 11 is 0. The van der Waals surface area contributed by atoms with Gasteiger partial charge in [-0.05, 0) is 30.9 Å². The third-order valence-corrected chi connectivity index (χ3v) is 2.92. The highest BCUT2D eigenvalue weighted by Crippen LogP contribution is 2.24. The SMILES string of the molecule is CCCCc1ccccc1N1C=CCC1. The normalized spacial score (nSPS) is 14.9. The Kier molecular flexibility index (Phi) is 3.44. The Bertz CT molecular complexity index is 341. The van der Waals surface area contributed by atoms with Crippen molar-refractivity contribution in [3.63, 3.8) is 0 Å². The molecule has 1 aliphatic heterocycles. The van der Waals surface area contributed by atoms with E-state index in [1.807, 2.05) is 0 Å². The third-order valence-electron chi connectivity index (χ3n) is 2.92. The van der Waals surface area contributed by atoms with E-state index in [0.717, 1.165) is 6.54 Å². The Morgan fingerprint density at radius 1 is 1.27 bits per heavy atom. The van der Waals surface area contributed by atoms with Crippen molar-refractivity contribution in [1.29, 1.82) is 0 Å². The average Bonchev–Trinajstić information content (AvgIpc) is 2.80. The summed E-state index contributed by atoms with van der Waals surface area (Å²) in [6.45, 7) is 3.39. The highest BCUT2D eigenvalue weighted by Gasteiger charge is 2.10. The molecule has 0 fully saturated rings. The molecule has 0 atom stereocenters. The second-order valence-corrected chi connectivity index (χ2v) is 4.10. The molecule has 1 aromatic carbocycles. The van der Waals surface area contributed by atoms with Crippen LogP contribution in [0.15, 0.2) is 36.5 Å². The van der Waals surface area contributed by atoms with Crippen LogP contribution in [0, 0.1) is 0 Å². The second kappa shape index (κ2) is 5.01. The highest BCUT2D eigenvalue weighted by atomic mass is 15.1. The van der Waals surface area contributed by atoms with E-state index >= 15 is 0 Å². The lowest BCUT2D eigenvalue weighted by Gasteiger charge is -2.19. The Hall–Kier alpha value is -1.24. The van der Waals surface area contributed by atoms with Crippen LogP contribution in [0.5, 0.6) is 0 Å². The number of hydrogen-bond acceptors (Lipinski definition) is 1. The van der Waals surface area contributed by atoms with Crippen LogP contribution >= 0.6 is 0 Å². The molecular weight excluding hydrogens is 182 g/mol. The summed E-state index contributed by atoms with van der Waals surface area (Å²) in [5, 5.41) is 0. The molecule has 1 nitrogen and oxygen atoms in total. The van der Waals surface area contributed by atoms with Gasteiger partial charge in [-0.2, -0.15) is 0 Å². The first-order valence-electron chi connectivity index (χ1n) is 5.93. The minimum Gasteiger partial charge on any atom is -0.348 e. The van der Waals surface area contributed by atoms with E-state index < -0.39 is 0 Å². The largest absolute Gasteiger partial charge is 0.348 e. The van der Waals surface area contributed by atoms with Crippen LogP contribution in [-0.4, -0.2) is 6.54 Å². The molecule has 0 spiro atoms. The van der Waals surface area contributed by atoms with Crippen molar-refractivity contribution >= 4 is 5.69 Å². The predicted octanol–water partition coefficient (Wildman–Crippen LogP) is 3.75. The van der Waals surface area contributed by atoms with Gasteiger partial charge in [0.2, 0.25) is 0 Å². The molecule has 0 bridgehead atoms. The first-order valence-corrected chi connectivity index (χ1v) is 5.93. The van der Waals surface area contributed by atoms with Crippen molar-refractivity contribution in [2.45, 2.75) is 32.6 Å². The first-order chi connectivity index (χ1) is 7.42. The molecule has 1 heteroatoms. The van der Waals surface area contributed by atoms with Crippen LogP contribution in [0.2, 0.25) is 0 Å². The van der Waals surface area contributed by atoms with Crippen molar-refractivity contribution in [3.05, 3.63) is 42.1 Å².